The molecule has 1 atom stereocenters. The van der Waals surface area contributed by atoms with Crippen molar-refractivity contribution in [2.75, 3.05) is 6.54 Å². The van der Waals surface area contributed by atoms with Crippen LogP contribution in [0.5, 0.6) is 0 Å². The van der Waals surface area contributed by atoms with E-state index >= 15 is 0 Å². The van der Waals surface area contributed by atoms with E-state index in [9.17, 15) is 9.59 Å². The lowest BCUT2D eigenvalue weighted by atomic mass is 9.95. The number of carbonyl (C=O) groups excluding carboxylic acids is 2. The van der Waals surface area contributed by atoms with Gasteiger partial charge in [-0.1, -0.05) is 36.4 Å². The van der Waals surface area contributed by atoms with Crippen LogP contribution in [-0.2, 0) is 20.7 Å². The molecule has 0 aromatic heterocycles. The van der Waals surface area contributed by atoms with Crippen LogP contribution in [0.25, 0.3) is 0 Å². The van der Waals surface area contributed by atoms with E-state index < -0.39 is 11.5 Å². The lowest BCUT2D eigenvalue weighted by Crippen LogP contribution is -2.35. The number of carbonyl (C=O) groups is 2. The Labute approximate surface area is 132 Å². The zero-order valence-corrected chi connectivity index (χ0v) is 13.6. The molecule has 1 amide bonds. The molecule has 0 fully saturated rings. The van der Waals surface area contributed by atoms with E-state index in [-0.39, 0.29) is 18.3 Å². The van der Waals surface area contributed by atoms with Crippen LogP contribution in [0.15, 0.2) is 43.0 Å². The summed E-state index contributed by atoms with van der Waals surface area (Å²) in [6, 6.07) is 9.65. The molecule has 0 radical (unpaired) electrons. The molecule has 4 nitrogen and oxygen atoms in total. The van der Waals surface area contributed by atoms with Gasteiger partial charge in [0.25, 0.3) is 0 Å². The van der Waals surface area contributed by atoms with E-state index in [1.807, 2.05) is 51.1 Å². The van der Waals surface area contributed by atoms with E-state index in [0.29, 0.717) is 13.0 Å². The SMILES string of the molecule is C=CCNC(=O)[C@H](CC(=O)OC(C)(C)C)Cc1ccccc1. The summed E-state index contributed by atoms with van der Waals surface area (Å²) in [5, 5.41) is 2.76. The number of ether oxygens (including phenoxy) is 1. The molecule has 0 heterocycles. The Balaban J connectivity index is 2.75. The second-order valence-electron chi connectivity index (χ2n) is 6.21. The molecule has 0 spiro atoms. The molecular formula is C18H25NO3. The minimum atomic E-state index is -0.550. The first-order valence-corrected chi connectivity index (χ1v) is 7.46. The van der Waals surface area contributed by atoms with Crippen molar-refractivity contribution in [3.05, 3.63) is 48.6 Å². The largest absolute Gasteiger partial charge is 0.460 e. The predicted molar refractivity (Wildman–Crippen MR) is 87.3 cm³/mol. The summed E-state index contributed by atoms with van der Waals surface area (Å²) >= 11 is 0. The molecule has 1 aromatic carbocycles. The summed E-state index contributed by atoms with van der Waals surface area (Å²) in [4.78, 5) is 24.3. The maximum absolute atomic E-state index is 12.2. The Bertz CT molecular complexity index is 503. The highest BCUT2D eigenvalue weighted by Gasteiger charge is 2.25. The van der Waals surface area contributed by atoms with Crippen LogP contribution < -0.4 is 5.32 Å². The van der Waals surface area contributed by atoms with Crippen LogP contribution in [0.1, 0.15) is 32.8 Å². The number of amides is 1. The first kappa shape index (κ1) is 18.0. The minimum Gasteiger partial charge on any atom is -0.460 e. The Morgan fingerprint density at radius 2 is 1.91 bits per heavy atom. The van der Waals surface area contributed by atoms with Gasteiger partial charge in [-0.2, -0.15) is 0 Å². The number of rotatable bonds is 7. The topological polar surface area (TPSA) is 55.4 Å². The molecule has 0 saturated heterocycles. The monoisotopic (exact) mass is 303 g/mol. The Morgan fingerprint density at radius 1 is 1.27 bits per heavy atom. The van der Waals surface area contributed by atoms with Gasteiger partial charge in [-0.25, -0.2) is 0 Å². The van der Waals surface area contributed by atoms with Gasteiger partial charge in [-0.05, 0) is 32.8 Å². The summed E-state index contributed by atoms with van der Waals surface area (Å²) < 4.78 is 5.32. The average molecular weight is 303 g/mol. The van der Waals surface area contributed by atoms with E-state index in [1.54, 1.807) is 6.08 Å². The van der Waals surface area contributed by atoms with Gasteiger partial charge in [-0.15, -0.1) is 6.58 Å². The fraction of sp³-hybridized carbons (Fsp3) is 0.444. The van der Waals surface area contributed by atoms with E-state index in [0.717, 1.165) is 5.56 Å². The second-order valence-corrected chi connectivity index (χ2v) is 6.21. The van der Waals surface area contributed by atoms with Gasteiger partial charge in [0.05, 0.1) is 12.3 Å². The molecular weight excluding hydrogens is 278 g/mol. The summed E-state index contributed by atoms with van der Waals surface area (Å²) in [5.74, 6) is -0.964. The lowest BCUT2D eigenvalue weighted by Gasteiger charge is -2.22. The summed E-state index contributed by atoms with van der Waals surface area (Å²) in [6.07, 6.45) is 2.18. The lowest BCUT2D eigenvalue weighted by molar-refractivity contribution is -0.157. The van der Waals surface area contributed by atoms with Crippen molar-refractivity contribution in [3.8, 4) is 0 Å². The highest BCUT2D eigenvalue weighted by molar-refractivity contribution is 5.84. The molecule has 1 N–H and O–H groups in total. The van der Waals surface area contributed by atoms with Crippen LogP contribution >= 0.6 is 0 Å². The maximum Gasteiger partial charge on any atom is 0.307 e. The quantitative estimate of drug-likeness (QED) is 0.622. The fourth-order valence-electron chi connectivity index (χ4n) is 2.06. The van der Waals surface area contributed by atoms with Crippen molar-refractivity contribution in [3.63, 3.8) is 0 Å². The molecule has 0 aliphatic heterocycles. The van der Waals surface area contributed by atoms with Crippen LogP contribution in [0, 0.1) is 5.92 Å². The standard InChI is InChI=1S/C18H25NO3/c1-5-11-19-17(21)15(12-14-9-7-6-8-10-14)13-16(20)22-18(2,3)4/h5-10,15H,1,11-13H2,2-4H3,(H,19,21)/t15-/m0/s1. The number of esters is 1. The number of hydrogen-bond donors (Lipinski definition) is 1. The van der Waals surface area contributed by atoms with Gasteiger partial charge >= 0.3 is 5.97 Å². The van der Waals surface area contributed by atoms with E-state index in [2.05, 4.69) is 11.9 Å². The molecule has 0 aliphatic rings. The van der Waals surface area contributed by atoms with Crippen molar-refractivity contribution in [1.29, 1.82) is 0 Å². The van der Waals surface area contributed by atoms with Crippen LogP contribution in [0.2, 0.25) is 0 Å². The summed E-state index contributed by atoms with van der Waals surface area (Å²) in [5.41, 5.74) is 0.469. The third kappa shape index (κ3) is 7.07. The van der Waals surface area contributed by atoms with Crippen molar-refractivity contribution in [1.82, 2.24) is 5.32 Å². The first-order valence-electron chi connectivity index (χ1n) is 7.46. The third-order valence-corrected chi connectivity index (χ3v) is 2.95. The molecule has 0 bridgehead atoms. The van der Waals surface area contributed by atoms with Crippen molar-refractivity contribution in [2.24, 2.45) is 5.92 Å². The van der Waals surface area contributed by atoms with Gasteiger partial charge in [0.2, 0.25) is 5.91 Å². The first-order chi connectivity index (χ1) is 10.3. The average Bonchev–Trinajstić information content (AvgIpc) is 2.43. The zero-order valence-electron chi connectivity index (χ0n) is 13.6. The van der Waals surface area contributed by atoms with Crippen LogP contribution in [0.4, 0.5) is 0 Å². The van der Waals surface area contributed by atoms with Crippen LogP contribution in [0.3, 0.4) is 0 Å². The van der Waals surface area contributed by atoms with E-state index in [4.69, 9.17) is 4.74 Å². The van der Waals surface area contributed by atoms with Crippen molar-refractivity contribution >= 4 is 11.9 Å². The van der Waals surface area contributed by atoms with Crippen LogP contribution in [-0.4, -0.2) is 24.0 Å². The molecule has 0 saturated carbocycles. The minimum absolute atomic E-state index is 0.0646. The third-order valence-electron chi connectivity index (χ3n) is 2.95. The van der Waals surface area contributed by atoms with Crippen molar-refractivity contribution < 1.29 is 14.3 Å². The van der Waals surface area contributed by atoms with Gasteiger partial charge < -0.3 is 10.1 Å². The molecule has 120 valence electrons. The summed E-state index contributed by atoms with van der Waals surface area (Å²) in [6.45, 7) is 9.41. The maximum atomic E-state index is 12.2. The van der Waals surface area contributed by atoms with Gasteiger partial charge in [-0.3, -0.25) is 9.59 Å². The normalized spacial score (nSPS) is 12.3. The summed E-state index contributed by atoms with van der Waals surface area (Å²) in [7, 11) is 0. The highest BCUT2D eigenvalue weighted by Crippen LogP contribution is 2.16. The highest BCUT2D eigenvalue weighted by atomic mass is 16.6. The molecule has 1 rings (SSSR count). The molecule has 1 aromatic rings. The van der Waals surface area contributed by atoms with Crippen molar-refractivity contribution in [2.45, 2.75) is 39.2 Å². The molecule has 4 heteroatoms. The number of hydrogen-bond acceptors (Lipinski definition) is 3. The second kappa shape index (κ2) is 8.37. The van der Waals surface area contributed by atoms with Gasteiger partial charge in [0.1, 0.15) is 5.60 Å². The van der Waals surface area contributed by atoms with Gasteiger partial charge in [0, 0.05) is 6.54 Å². The molecule has 0 unspecified atom stereocenters. The Morgan fingerprint density at radius 3 is 2.45 bits per heavy atom. The molecule has 0 aliphatic carbocycles. The zero-order chi connectivity index (χ0) is 16.6. The predicted octanol–water partition coefficient (Wildman–Crippen LogP) is 2.88. The smallest absolute Gasteiger partial charge is 0.307 e. The van der Waals surface area contributed by atoms with E-state index in [1.165, 1.54) is 0 Å². The van der Waals surface area contributed by atoms with Gasteiger partial charge in [0.15, 0.2) is 0 Å². The Kier molecular flexibility index (Phi) is 6.83. The Hall–Kier alpha value is -2.10. The number of nitrogens with one attached hydrogen (secondary N) is 1. The number of benzene rings is 1. The molecule has 22 heavy (non-hydrogen) atoms. The fourth-order valence-corrected chi connectivity index (χ4v) is 2.06.